The number of nitrogens with zero attached hydrogens (tertiary/aromatic N) is 4. The molecule has 0 spiro atoms. The third-order valence-electron chi connectivity index (χ3n) is 8.70. The van der Waals surface area contributed by atoms with Crippen LogP contribution in [0.25, 0.3) is 0 Å². The number of rotatable bonds is 11. The van der Waals surface area contributed by atoms with Gasteiger partial charge in [-0.3, -0.25) is 0 Å². The molecule has 0 saturated heterocycles. The van der Waals surface area contributed by atoms with Gasteiger partial charge in [-0.2, -0.15) is 10.2 Å². The van der Waals surface area contributed by atoms with Crippen molar-refractivity contribution in [3.8, 4) is 6.07 Å². The lowest BCUT2D eigenvalue weighted by Crippen LogP contribution is -2.60. The molecule has 0 radical (unpaired) electrons. The summed E-state index contributed by atoms with van der Waals surface area (Å²) >= 11 is 1.73. The average Bonchev–Trinajstić information content (AvgIpc) is 2.89. The Kier molecular flexibility index (Phi) is 7.71. The van der Waals surface area contributed by atoms with Crippen molar-refractivity contribution in [2.45, 2.75) is 56.0 Å². The second-order valence-corrected chi connectivity index (χ2v) is 12.0. The number of nitrogens with one attached hydrogen (secondary N) is 2. The van der Waals surface area contributed by atoms with E-state index in [1.807, 2.05) is 6.07 Å². The van der Waals surface area contributed by atoms with Gasteiger partial charge in [0.2, 0.25) is 5.95 Å². The Hall–Kier alpha value is -2.34. The Balaban J connectivity index is 1.26. The highest BCUT2D eigenvalue weighted by atomic mass is 32.2. The molecular formula is C28H38N6OS. The lowest BCUT2D eigenvalue weighted by molar-refractivity contribution is -0.102. The first kappa shape index (κ1) is 25.3. The van der Waals surface area contributed by atoms with Crippen molar-refractivity contribution in [1.82, 2.24) is 14.9 Å². The lowest BCUT2D eigenvalue weighted by atomic mass is 9.47. The molecule has 1 aromatic carbocycles. The normalized spacial score (nSPS) is 28.3. The Morgan fingerprint density at radius 1 is 1.19 bits per heavy atom. The fourth-order valence-electron chi connectivity index (χ4n) is 7.55. The zero-order valence-corrected chi connectivity index (χ0v) is 22.2. The highest BCUT2D eigenvalue weighted by Crippen LogP contribution is 2.61. The summed E-state index contributed by atoms with van der Waals surface area (Å²) in [6.07, 6.45) is 11.0. The molecule has 7 nitrogen and oxygen atoms in total. The van der Waals surface area contributed by atoms with Gasteiger partial charge in [0, 0.05) is 37.2 Å². The Morgan fingerprint density at radius 3 is 2.69 bits per heavy atom. The zero-order chi connectivity index (χ0) is 25.1. The minimum absolute atomic E-state index is 0.268. The van der Waals surface area contributed by atoms with E-state index in [0.29, 0.717) is 29.9 Å². The second kappa shape index (κ2) is 11.0. The molecule has 3 N–H and O–H groups in total. The Morgan fingerprint density at radius 2 is 1.97 bits per heavy atom. The van der Waals surface area contributed by atoms with Crippen LogP contribution in [-0.4, -0.2) is 59.0 Å². The van der Waals surface area contributed by atoms with Crippen LogP contribution in [0.15, 0.2) is 35.4 Å². The fraction of sp³-hybridized carbons (Fsp3) is 0.607. The van der Waals surface area contributed by atoms with Crippen molar-refractivity contribution in [2.75, 3.05) is 43.6 Å². The van der Waals surface area contributed by atoms with Crippen molar-refractivity contribution < 1.29 is 5.11 Å². The van der Waals surface area contributed by atoms with Crippen LogP contribution in [0.1, 0.15) is 49.7 Å². The molecule has 0 aliphatic heterocycles. The Bertz CT molecular complexity index is 1090. The molecule has 6 rings (SSSR count). The van der Waals surface area contributed by atoms with Crippen LogP contribution in [0, 0.1) is 34.5 Å². The molecule has 4 saturated carbocycles. The molecule has 5 atom stereocenters. The highest BCUT2D eigenvalue weighted by molar-refractivity contribution is 7.98. The van der Waals surface area contributed by atoms with Gasteiger partial charge in [0.25, 0.3) is 0 Å². The van der Waals surface area contributed by atoms with Gasteiger partial charge in [0.15, 0.2) is 0 Å². The summed E-state index contributed by atoms with van der Waals surface area (Å²) < 4.78 is 0. The molecule has 0 amide bonds. The lowest BCUT2D eigenvalue weighted by Gasteiger charge is -2.62. The van der Waals surface area contributed by atoms with E-state index in [4.69, 9.17) is 4.98 Å². The zero-order valence-electron chi connectivity index (χ0n) is 21.4. The van der Waals surface area contributed by atoms with Gasteiger partial charge in [-0.1, -0.05) is 18.2 Å². The van der Waals surface area contributed by atoms with Gasteiger partial charge in [-0.05, 0) is 86.6 Å². The smallest absolute Gasteiger partial charge is 0.224 e. The molecule has 4 aliphatic rings. The number of thioether (sulfide) groups is 1. The molecule has 4 aliphatic carbocycles. The molecule has 1 aromatic heterocycles. The number of hydrogen-bond acceptors (Lipinski definition) is 8. The van der Waals surface area contributed by atoms with Gasteiger partial charge in [-0.25, -0.2) is 4.98 Å². The largest absolute Gasteiger partial charge is 0.396 e. The van der Waals surface area contributed by atoms with Gasteiger partial charge in [0.1, 0.15) is 17.5 Å². The molecule has 4 bridgehead atoms. The molecule has 36 heavy (non-hydrogen) atoms. The molecule has 192 valence electrons. The maximum atomic E-state index is 9.70. The first-order valence-corrected chi connectivity index (χ1v) is 14.4. The highest BCUT2D eigenvalue weighted by Gasteiger charge is 2.55. The van der Waals surface area contributed by atoms with E-state index in [1.165, 1.54) is 42.6 Å². The minimum atomic E-state index is 0.268. The maximum absolute atomic E-state index is 9.70. The molecule has 1 heterocycles. The Labute approximate surface area is 219 Å². The molecule has 2 unspecified atom stereocenters. The number of benzene rings is 1. The summed E-state index contributed by atoms with van der Waals surface area (Å²) in [5.74, 6) is 3.47. The van der Waals surface area contributed by atoms with Gasteiger partial charge in [-0.15, -0.1) is 11.8 Å². The predicted molar refractivity (Wildman–Crippen MR) is 145 cm³/mol. The monoisotopic (exact) mass is 506 g/mol. The molecule has 8 heteroatoms. The van der Waals surface area contributed by atoms with Crippen molar-refractivity contribution in [2.24, 2.45) is 23.2 Å². The van der Waals surface area contributed by atoms with E-state index in [-0.39, 0.29) is 12.0 Å². The van der Waals surface area contributed by atoms with Gasteiger partial charge >= 0.3 is 0 Å². The SMILES string of the molecule is CSc1ccccc1CNc1ncc(C#N)c(NCC23CC4C[C@H](C2)[C@H](N(C)CCCO)[C@@H](C4)C3)n1. The summed E-state index contributed by atoms with van der Waals surface area (Å²) in [5, 5.41) is 25.9. The van der Waals surface area contributed by atoms with Crippen molar-refractivity contribution in [1.29, 1.82) is 5.26 Å². The fourth-order valence-corrected chi connectivity index (χ4v) is 8.17. The first-order chi connectivity index (χ1) is 17.5. The average molecular weight is 507 g/mol. The van der Waals surface area contributed by atoms with Crippen LogP contribution >= 0.6 is 11.8 Å². The topological polar surface area (TPSA) is 97.1 Å². The number of aliphatic hydroxyl groups excluding tert-OH is 1. The van der Waals surface area contributed by atoms with Crippen molar-refractivity contribution in [3.63, 3.8) is 0 Å². The summed E-state index contributed by atoms with van der Waals surface area (Å²) in [7, 11) is 2.25. The second-order valence-electron chi connectivity index (χ2n) is 11.1. The maximum Gasteiger partial charge on any atom is 0.224 e. The summed E-state index contributed by atoms with van der Waals surface area (Å²) in [6, 6.07) is 11.2. The van der Waals surface area contributed by atoms with E-state index in [9.17, 15) is 10.4 Å². The summed E-state index contributed by atoms with van der Waals surface area (Å²) in [6.45, 7) is 2.75. The van der Waals surface area contributed by atoms with E-state index in [1.54, 1.807) is 18.0 Å². The van der Waals surface area contributed by atoms with Crippen molar-refractivity contribution >= 4 is 23.5 Å². The minimum Gasteiger partial charge on any atom is -0.396 e. The number of aliphatic hydroxyl groups is 1. The van der Waals surface area contributed by atoms with E-state index in [2.05, 4.69) is 58.1 Å². The van der Waals surface area contributed by atoms with E-state index >= 15 is 0 Å². The molecular weight excluding hydrogens is 468 g/mol. The summed E-state index contributed by atoms with van der Waals surface area (Å²) in [5.41, 5.74) is 1.99. The molecule has 4 fully saturated rings. The standard InChI is InChI=1S/C28H38N6OS/c1-34(8-5-9-35)25-21-10-19-11-22(25)14-28(12-19,13-21)18-32-26-23(15-29)17-31-27(33-26)30-16-20-6-3-4-7-24(20)36-2/h3-4,6-7,17,19,21-22,25,35H,5,8-14,16,18H2,1-2H3,(H2,30,31,32,33)/t19?,21-,22+,25+,28?. The van der Waals surface area contributed by atoms with Crippen LogP contribution < -0.4 is 10.6 Å². The quantitative estimate of drug-likeness (QED) is 0.381. The van der Waals surface area contributed by atoms with E-state index < -0.39 is 0 Å². The van der Waals surface area contributed by atoms with Crippen LogP contribution in [0.4, 0.5) is 11.8 Å². The predicted octanol–water partition coefficient (Wildman–Crippen LogP) is 4.60. The van der Waals surface area contributed by atoms with Gasteiger partial charge in [0.05, 0.1) is 6.20 Å². The van der Waals surface area contributed by atoms with Crippen LogP contribution in [-0.2, 0) is 6.54 Å². The first-order valence-electron chi connectivity index (χ1n) is 13.2. The third kappa shape index (κ3) is 5.20. The van der Waals surface area contributed by atoms with Crippen LogP contribution in [0.3, 0.4) is 0 Å². The number of aromatic nitrogens is 2. The summed E-state index contributed by atoms with van der Waals surface area (Å²) in [4.78, 5) is 12.9. The van der Waals surface area contributed by atoms with E-state index in [0.717, 1.165) is 37.3 Å². The third-order valence-corrected chi connectivity index (χ3v) is 9.54. The number of nitriles is 1. The van der Waals surface area contributed by atoms with Gasteiger partial charge < -0.3 is 20.6 Å². The number of hydrogen-bond donors (Lipinski definition) is 3. The van der Waals surface area contributed by atoms with Crippen LogP contribution in [0.2, 0.25) is 0 Å². The van der Waals surface area contributed by atoms with Crippen molar-refractivity contribution in [3.05, 3.63) is 41.6 Å². The van der Waals surface area contributed by atoms with Crippen LogP contribution in [0.5, 0.6) is 0 Å². The number of anilines is 2. The molecule has 2 aromatic rings.